The Morgan fingerprint density at radius 3 is 2.79 bits per heavy atom. The molecule has 106 valence electrons. The van der Waals surface area contributed by atoms with Gasteiger partial charge in [0.1, 0.15) is 0 Å². The highest BCUT2D eigenvalue weighted by molar-refractivity contribution is 7.99. The molecule has 1 amide bonds. The fraction of sp³-hybridized carbons (Fsp3) is 0.364. The van der Waals surface area contributed by atoms with Crippen molar-refractivity contribution in [3.05, 3.63) is 29.3 Å². The van der Waals surface area contributed by atoms with Gasteiger partial charge in [-0.2, -0.15) is 13.2 Å². The number of hydrogen-bond donors (Lipinski definition) is 1. The number of carbonyl (C=O) groups excluding carboxylic acids is 1. The van der Waals surface area contributed by atoms with Gasteiger partial charge in [0.25, 0.3) is 0 Å². The molecule has 1 N–H and O–H groups in total. The van der Waals surface area contributed by atoms with Crippen molar-refractivity contribution in [2.24, 2.45) is 0 Å². The summed E-state index contributed by atoms with van der Waals surface area (Å²) in [6.45, 7) is -1.38. The average molecular weight is 314 g/mol. The Morgan fingerprint density at radius 2 is 2.16 bits per heavy atom. The molecule has 0 aliphatic carbocycles. The second-order valence-corrected chi connectivity index (χ2v) is 5.03. The lowest BCUT2D eigenvalue weighted by molar-refractivity contribution is -0.160. The van der Waals surface area contributed by atoms with E-state index in [1.54, 1.807) is 18.2 Å². The monoisotopic (exact) mass is 313 g/mol. The molecule has 1 aromatic carbocycles. The molecular formula is C11H11ClF3NO2S. The predicted octanol–water partition coefficient (Wildman–Crippen LogP) is 3.72. The number of rotatable bonds is 5. The van der Waals surface area contributed by atoms with Crippen molar-refractivity contribution in [3.8, 4) is 0 Å². The molecule has 0 radical (unpaired) electrons. The van der Waals surface area contributed by atoms with Crippen LogP contribution < -0.4 is 5.32 Å². The minimum Gasteiger partial charge on any atom is -0.440 e. The van der Waals surface area contributed by atoms with Crippen LogP contribution in [-0.4, -0.2) is 31.2 Å². The molecule has 8 heteroatoms. The fourth-order valence-electron chi connectivity index (χ4n) is 1.08. The van der Waals surface area contributed by atoms with Gasteiger partial charge >= 0.3 is 12.3 Å². The maximum absolute atomic E-state index is 11.7. The molecule has 1 aromatic rings. The number of thioether (sulfide) groups is 1. The molecule has 0 saturated heterocycles. The molecule has 19 heavy (non-hydrogen) atoms. The number of benzene rings is 1. The van der Waals surface area contributed by atoms with Gasteiger partial charge < -0.3 is 10.1 Å². The molecule has 0 aromatic heterocycles. The number of amides is 1. The van der Waals surface area contributed by atoms with E-state index in [1.807, 2.05) is 6.07 Å². The molecule has 0 heterocycles. The average Bonchev–Trinajstić information content (AvgIpc) is 2.31. The third kappa shape index (κ3) is 7.84. The quantitative estimate of drug-likeness (QED) is 0.665. The normalized spacial score (nSPS) is 11.2. The Labute approximate surface area is 117 Å². The maximum atomic E-state index is 11.7. The van der Waals surface area contributed by atoms with Gasteiger partial charge in [-0.25, -0.2) is 4.79 Å². The second kappa shape index (κ2) is 7.49. The van der Waals surface area contributed by atoms with Gasteiger partial charge in [0.05, 0.1) is 0 Å². The van der Waals surface area contributed by atoms with E-state index in [2.05, 4.69) is 10.1 Å². The Bertz CT molecular complexity index is 429. The Kier molecular flexibility index (Phi) is 6.30. The largest absolute Gasteiger partial charge is 0.440 e. The zero-order valence-corrected chi connectivity index (χ0v) is 11.2. The van der Waals surface area contributed by atoms with Crippen molar-refractivity contribution in [3.63, 3.8) is 0 Å². The van der Waals surface area contributed by atoms with Crippen LogP contribution >= 0.6 is 23.4 Å². The van der Waals surface area contributed by atoms with Crippen molar-refractivity contribution < 1.29 is 22.7 Å². The lowest BCUT2D eigenvalue weighted by Crippen LogP contribution is -2.30. The number of nitrogens with one attached hydrogen (secondary N) is 1. The van der Waals surface area contributed by atoms with Gasteiger partial charge in [-0.15, -0.1) is 11.8 Å². The van der Waals surface area contributed by atoms with E-state index in [0.29, 0.717) is 10.8 Å². The topological polar surface area (TPSA) is 38.3 Å². The number of alkyl carbamates (subject to hydrolysis) is 1. The van der Waals surface area contributed by atoms with Gasteiger partial charge in [0.15, 0.2) is 6.61 Å². The number of alkyl halides is 3. The summed E-state index contributed by atoms with van der Waals surface area (Å²) in [4.78, 5) is 11.8. The molecule has 0 fully saturated rings. The molecule has 0 aliphatic rings. The second-order valence-electron chi connectivity index (χ2n) is 3.42. The standard InChI is InChI=1S/C11H11ClF3NO2S/c12-8-2-1-3-9(6-8)19-5-4-16-10(17)18-7-11(13,14)15/h1-3,6H,4-5,7H2,(H,16,17). The zero-order chi connectivity index (χ0) is 14.3. The summed E-state index contributed by atoms with van der Waals surface area (Å²) in [5.41, 5.74) is 0. The summed E-state index contributed by atoms with van der Waals surface area (Å²) in [7, 11) is 0. The summed E-state index contributed by atoms with van der Waals surface area (Å²) in [5, 5.41) is 2.82. The molecular weight excluding hydrogens is 303 g/mol. The Morgan fingerprint density at radius 1 is 1.42 bits per heavy atom. The Balaban J connectivity index is 2.15. The van der Waals surface area contributed by atoms with E-state index in [1.165, 1.54) is 11.8 Å². The van der Waals surface area contributed by atoms with Crippen LogP contribution in [0.3, 0.4) is 0 Å². The van der Waals surface area contributed by atoms with Crippen molar-refractivity contribution in [1.29, 1.82) is 0 Å². The first-order chi connectivity index (χ1) is 8.87. The SMILES string of the molecule is O=C(NCCSc1cccc(Cl)c1)OCC(F)(F)F. The van der Waals surface area contributed by atoms with Crippen LogP contribution in [0.15, 0.2) is 29.2 Å². The van der Waals surface area contributed by atoms with Crippen LogP contribution in [0.2, 0.25) is 5.02 Å². The zero-order valence-electron chi connectivity index (χ0n) is 9.67. The maximum Gasteiger partial charge on any atom is 0.422 e. The van der Waals surface area contributed by atoms with E-state index >= 15 is 0 Å². The smallest absolute Gasteiger partial charge is 0.422 e. The van der Waals surface area contributed by atoms with Gasteiger partial charge in [0, 0.05) is 22.2 Å². The highest BCUT2D eigenvalue weighted by atomic mass is 35.5. The first-order valence-corrected chi connectivity index (χ1v) is 6.59. The Hall–Kier alpha value is -1.08. The van der Waals surface area contributed by atoms with Crippen LogP contribution in [0, 0.1) is 0 Å². The number of hydrogen-bond acceptors (Lipinski definition) is 3. The lowest BCUT2D eigenvalue weighted by Gasteiger charge is -2.08. The molecule has 0 saturated carbocycles. The van der Waals surface area contributed by atoms with E-state index in [-0.39, 0.29) is 6.54 Å². The predicted molar refractivity (Wildman–Crippen MR) is 67.6 cm³/mol. The summed E-state index contributed by atoms with van der Waals surface area (Å²) in [6, 6.07) is 7.13. The number of ether oxygens (including phenoxy) is 1. The van der Waals surface area contributed by atoms with Gasteiger partial charge in [0.2, 0.25) is 0 Å². The van der Waals surface area contributed by atoms with Crippen molar-refractivity contribution in [1.82, 2.24) is 5.32 Å². The number of carbonyl (C=O) groups is 1. The van der Waals surface area contributed by atoms with Crippen LogP contribution in [-0.2, 0) is 4.74 Å². The third-order valence-electron chi connectivity index (χ3n) is 1.80. The first kappa shape index (κ1) is 16.0. The highest BCUT2D eigenvalue weighted by Gasteiger charge is 2.29. The van der Waals surface area contributed by atoms with Gasteiger partial charge in [-0.05, 0) is 18.2 Å². The van der Waals surface area contributed by atoms with Crippen LogP contribution in [0.5, 0.6) is 0 Å². The van der Waals surface area contributed by atoms with Crippen molar-refractivity contribution in [2.75, 3.05) is 18.9 Å². The molecule has 0 bridgehead atoms. The third-order valence-corrected chi connectivity index (χ3v) is 3.03. The van der Waals surface area contributed by atoms with Crippen molar-refractivity contribution in [2.45, 2.75) is 11.1 Å². The van der Waals surface area contributed by atoms with Gasteiger partial charge in [-0.3, -0.25) is 0 Å². The summed E-state index contributed by atoms with van der Waals surface area (Å²) >= 11 is 7.21. The van der Waals surface area contributed by atoms with Crippen LogP contribution in [0.1, 0.15) is 0 Å². The number of halogens is 4. The molecule has 1 rings (SSSR count). The lowest BCUT2D eigenvalue weighted by atomic mass is 10.4. The first-order valence-electron chi connectivity index (χ1n) is 5.22. The molecule has 0 unspecified atom stereocenters. The van der Waals surface area contributed by atoms with E-state index in [9.17, 15) is 18.0 Å². The summed E-state index contributed by atoms with van der Waals surface area (Å²) in [5.74, 6) is 0.501. The fourth-order valence-corrected chi connectivity index (χ4v) is 2.16. The summed E-state index contributed by atoms with van der Waals surface area (Å²) < 4.78 is 39.2. The molecule has 0 aliphatic heterocycles. The van der Waals surface area contributed by atoms with Crippen LogP contribution in [0.25, 0.3) is 0 Å². The minimum absolute atomic E-state index is 0.202. The molecule has 3 nitrogen and oxygen atoms in total. The molecule has 0 atom stereocenters. The van der Waals surface area contributed by atoms with Gasteiger partial charge in [-0.1, -0.05) is 17.7 Å². The van der Waals surface area contributed by atoms with E-state index in [4.69, 9.17) is 11.6 Å². The van der Waals surface area contributed by atoms with Crippen LogP contribution in [0.4, 0.5) is 18.0 Å². The van der Waals surface area contributed by atoms with E-state index < -0.39 is 18.9 Å². The van der Waals surface area contributed by atoms with E-state index in [0.717, 1.165) is 4.90 Å². The minimum atomic E-state index is -4.51. The van der Waals surface area contributed by atoms with Crippen molar-refractivity contribution >= 4 is 29.5 Å². The molecule has 0 spiro atoms. The highest BCUT2D eigenvalue weighted by Crippen LogP contribution is 2.20. The summed E-state index contributed by atoms with van der Waals surface area (Å²) in [6.07, 6.45) is -5.59.